The average Bonchev–Trinajstić information content (AvgIpc) is 2.75. The van der Waals surface area contributed by atoms with Crippen molar-refractivity contribution in [3.05, 3.63) is 47.5 Å². The van der Waals surface area contributed by atoms with Crippen LogP contribution >= 0.6 is 0 Å². The Hall–Kier alpha value is -2.87. The SMILES string of the molecule is C=CCN(C(=O)C(CO)NC(=O)OC(C)(C)C)C(C(=O)NC1CCCCC1)c1cc(C)cc(C)c1. The molecule has 0 saturated heterocycles. The van der Waals surface area contributed by atoms with Gasteiger partial charge in [0.25, 0.3) is 0 Å². The molecule has 1 fully saturated rings. The van der Waals surface area contributed by atoms with Crippen LogP contribution in [0.3, 0.4) is 0 Å². The molecule has 0 heterocycles. The largest absolute Gasteiger partial charge is 0.444 e. The number of aryl methyl sites for hydroxylation is 2. The summed E-state index contributed by atoms with van der Waals surface area (Å²) < 4.78 is 5.25. The molecule has 8 heteroatoms. The molecule has 0 aliphatic heterocycles. The summed E-state index contributed by atoms with van der Waals surface area (Å²) in [5.41, 5.74) is 1.83. The molecule has 35 heavy (non-hydrogen) atoms. The summed E-state index contributed by atoms with van der Waals surface area (Å²) in [6.07, 6.45) is 5.78. The molecule has 1 aliphatic rings. The number of carbonyl (C=O) groups is 3. The second kappa shape index (κ2) is 12.7. The van der Waals surface area contributed by atoms with Gasteiger partial charge >= 0.3 is 6.09 Å². The third-order valence-corrected chi connectivity index (χ3v) is 5.85. The zero-order valence-electron chi connectivity index (χ0n) is 21.7. The molecule has 1 aromatic rings. The van der Waals surface area contributed by atoms with Gasteiger partial charge in [-0.05, 0) is 53.0 Å². The van der Waals surface area contributed by atoms with Crippen molar-refractivity contribution >= 4 is 17.9 Å². The van der Waals surface area contributed by atoms with Gasteiger partial charge in [0.1, 0.15) is 17.7 Å². The van der Waals surface area contributed by atoms with Crippen LogP contribution in [0, 0.1) is 13.8 Å². The van der Waals surface area contributed by atoms with Crippen molar-refractivity contribution in [2.24, 2.45) is 0 Å². The summed E-state index contributed by atoms with van der Waals surface area (Å²) in [6.45, 7) is 12.2. The maximum Gasteiger partial charge on any atom is 0.408 e. The van der Waals surface area contributed by atoms with Crippen LogP contribution in [-0.4, -0.2) is 58.8 Å². The minimum atomic E-state index is -1.28. The van der Waals surface area contributed by atoms with E-state index in [2.05, 4.69) is 17.2 Å². The third kappa shape index (κ3) is 8.69. The Morgan fingerprint density at radius 2 is 1.74 bits per heavy atom. The highest BCUT2D eigenvalue weighted by molar-refractivity contribution is 5.92. The zero-order chi connectivity index (χ0) is 26.2. The number of ether oxygens (including phenoxy) is 1. The number of hydrogen-bond acceptors (Lipinski definition) is 5. The van der Waals surface area contributed by atoms with Gasteiger partial charge in [-0.3, -0.25) is 9.59 Å². The zero-order valence-corrected chi connectivity index (χ0v) is 21.7. The number of nitrogens with zero attached hydrogens (tertiary/aromatic N) is 1. The minimum absolute atomic E-state index is 0.0545. The lowest BCUT2D eigenvalue weighted by Crippen LogP contribution is -2.55. The number of alkyl carbamates (subject to hydrolysis) is 1. The summed E-state index contributed by atoms with van der Waals surface area (Å²) in [4.78, 5) is 41.0. The molecule has 2 unspecified atom stereocenters. The van der Waals surface area contributed by atoms with Gasteiger partial charge in [-0.25, -0.2) is 4.79 Å². The van der Waals surface area contributed by atoms with E-state index in [1.165, 1.54) is 11.0 Å². The van der Waals surface area contributed by atoms with E-state index in [4.69, 9.17) is 4.74 Å². The van der Waals surface area contributed by atoms with Gasteiger partial charge < -0.3 is 25.4 Å². The molecule has 0 spiro atoms. The first kappa shape index (κ1) is 28.4. The average molecular weight is 488 g/mol. The van der Waals surface area contributed by atoms with Crippen molar-refractivity contribution in [2.45, 2.75) is 90.4 Å². The Bertz CT molecular complexity index is 882. The van der Waals surface area contributed by atoms with Crippen LogP contribution in [0.5, 0.6) is 0 Å². The molecule has 0 radical (unpaired) electrons. The van der Waals surface area contributed by atoms with Crippen LogP contribution in [-0.2, 0) is 14.3 Å². The molecule has 1 aliphatic carbocycles. The van der Waals surface area contributed by atoms with E-state index in [1.54, 1.807) is 20.8 Å². The monoisotopic (exact) mass is 487 g/mol. The van der Waals surface area contributed by atoms with Crippen molar-refractivity contribution in [1.82, 2.24) is 15.5 Å². The van der Waals surface area contributed by atoms with Crippen molar-refractivity contribution in [1.29, 1.82) is 0 Å². The van der Waals surface area contributed by atoms with E-state index in [1.807, 2.05) is 32.0 Å². The Kier molecular flexibility index (Phi) is 10.3. The first-order chi connectivity index (χ1) is 16.4. The summed E-state index contributed by atoms with van der Waals surface area (Å²) in [7, 11) is 0. The molecule has 8 nitrogen and oxygen atoms in total. The molecule has 1 saturated carbocycles. The highest BCUT2D eigenvalue weighted by Crippen LogP contribution is 2.26. The first-order valence-corrected chi connectivity index (χ1v) is 12.4. The number of rotatable bonds is 9. The number of hydrogen-bond donors (Lipinski definition) is 3. The minimum Gasteiger partial charge on any atom is -0.444 e. The van der Waals surface area contributed by atoms with Gasteiger partial charge in [-0.1, -0.05) is 54.7 Å². The van der Waals surface area contributed by atoms with Crippen LogP contribution in [0.25, 0.3) is 0 Å². The van der Waals surface area contributed by atoms with Crippen molar-refractivity contribution < 1.29 is 24.2 Å². The summed E-state index contributed by atoms with van der Waals surface area (Å²) in [5.74, 6) is -0.882. The lowest BCUT2D eigenvalue weighted by molar-refractivity contribution is -0.143. The van der Waals surface area contributed by atoms with Gasteiger partial charge in [0, 0.05) is 12.6 Å². The van der Waals surface area contributed by atoms with Crippen LogP contribution in [0.4, 0.5) is 4.79 Å². The molecule has 0 bridgehead atoms. The van der Waals surface area contributed by atoms with E-state index in [-0.39, 0.29) is 18.5 Å². The van der Waals surface area contributed by atoms with E-state index in [0.717, 1.165) is 43.2 Å². The van der Waals surface area contributed by atoms with Gasteiger partial charge in [0.15, 0.2) is 0 Å². The van der Waals surface area contributed by atoms with Gasteiger partial charge in [0.05, 0.1) is 6.61 Å². The van der Waals surface area contributed by atoms with Crippen molar-refractivity contribution in [3.63, 3.8) is 0 Å². The van der Waals surface area contributed by atoms with Gasteiger partial charge in [-0.2, -0.15) is 0 Å². The highest BCUT2D eigenvalue weighted by atomic mass is 16.6. The van der Waals surface area contributed by atoms with E-state index < -0.39 is 36.3 Å². The third-order valence-electron chi connectivity index (χ3n) is 5.85. The molecule has 3 amide bonds. The van der Waals surface area contributed by atoms with E-state index >= 15 is 0 Å². The molecular weight excluding hydrogens is 446 g/mol. The standard InChI is InChI=1S/C27H41N3O5/c1-7-13-30(25(33)22(17-31)29-26(34)35-27(4,5)6)23(20-15-18(2)14-19(3)16-20)24(32)28-21-11-9-8-10-12-21/h7,14-16,21-23,31H,1,8-13,17H2,2-6H3,(H,28,32)(H,29,34). The lowest BCUT2D eigenvalue weighted by atomic mass is 9.94. The molecule has 194 valence electrons. The van der Waals surface area contributed by atoms with Gasteiger partial charge in [-0.15, -0.1) is 6.58 Å². The second-order valence-corrected chi connectivity index (χ2v) is 10.3. The predicted molar refractivity (Wildman–Crippen MR) is 136 cm³/mol. The number of amides is 3. The van der Waals surface area contributed by atoms with Crippen molar-refractivity contribution in [3.8, 4) is 0 Å². The Balaban J connectivity index is 2.41. The van der Waals surface area contributed by atoms with Crippen LogP contribution in [0.1, 0.15) is 75.6 Å². The topological polar surface area (TPSA) is 108 Å². The summed E-state index contributed by atoms with van der Waals surface area (Å²) >= 11 is 0. The molecule has 0 aromatic heterocycles. The number of nitrogens with one attached hydrogen (secondary N) is 2. The van der Waals surface area contributed by atoms with Gasteiger partial charge in [0.2, 0.25) is 11.8 Å². The summed E-state index contributed by atoms with van der Waals surface area (Å²) in [6, 6.07) is 3.60. The summed E-state index contributed by atoms with van der Waals surface area (Å²) in [5, 5.41) is 15.5. The van der Waals surface area contributed by atoms with Crippen LogP contribution < -0.4 is 10.6 Å². The van der Waals surface area contributed by atoms with E-state index in [9.17, 15) is 19.5 Å². The highest BCUT2D eigenvalue weighted by Gasteiger charge is 2.36. The molecule has 2 atom stereocenters. The molecular formula is C27H41N3O5. The number of aliphatic hydroxyl groups is 1. The fraction of sp³-hybridized carbons (Fsp3) is 0.593. The molecule has 1 aromatic carbocycles. The Morgan fingerprint density at radius 1 is 1.14 bits per heavy atom. The Morgan fingerprint density at radius 3 is 2.26 bits per heavy atom. The first-order valence-electron chi connectivity index (χ1n) is 12.4. The predicted octanol–water partition coefficient (Wildman–Crippen LogP) is 3.69. The van der Waals surface area contributed by atoms with Crippen LogP contribution in [0.15, 0.2) is 30.9 Å². The van der Waals surface area contributed by atoms with Crippen molar-refractivity contribution in [2.75, 3.05) is 13.2 Å². The molecule has 3 N–H and O–H groups in total. The number of benzene rings is 1. The Labute approximate surface area is 209 Å². The normalized spacial score (nSPS) is 16.1. The smallest absolute Gasteiger partial charge is 0.408 e. The number of carbonyl (C=O) groups excluding carboxylic acids is 3. The quantitative estimate of drug-likeness (QED) is 0.461. The van der Waals surface area contributed by atoms with Crippen LogP contribution in [0.2, 0.25) is 0 Å². The maximum atomic E-state index is 13.7. The molecule has 2 rings (SSSR count). The van der Waals surface area contributed by atoms with E-state index in [0.29, 0.717) is 5.56 Å². The fourth-order valence-corrected chi connectivity index (χ4v) is 4.46. The maximum absolute atomic E-state index is 13.7. The number of aliphatic hydroxyl groups excluding tert-OH is 1. The fourth-order valence-electron chi connectivity index (χ4n) is 4.46. The lowest BCUT2D eigenvalue weighted by Gasteiger charge is -2.35. The second-order valence-electron chi connectivity index (χ2n) is 10.3.